The first-order valence-electron chi connectivity index (χ1n) is 6.00. The molecule has 0 saturated carbocycles. The minimum absolute atomic E-state index is 0.0433. The maximum atomic E-state index is 13.4. The fourth-order valence-corrected chi connectivity index (χ4v) is 1.75. The number of carbonyl (C=O) groups is 1. The number of carbonyl (C=O) groups excluding carboxylic acids is 1. The lowest BCUT2D eigenvalue weighted by molar-refractivity contribution is 0.102. The Kier molecular flexibility index (Phi) is 4.26. The maximum absolute atomic E-state index is 13.4. The molecule has 0 radical (unpaired) electrons. The highest BCUT2D eigenvalue weighted by Crippen LogP contribution is 2.13. The van der Waals surface area contributed by atoms with Crippen LogP contribution in [-0.2, 0) is 6.54 Å². The van der Waals surface area contributed by atoms with Gasteiger partial charge in [0.2, 0.25) is 0 Å². The number of hydrogen-bond acceptors (Lipinski definition) is 2. The number of benzene rings is 2. The van der Waals surface area contributed by atoms with Gasteiger partial charge in [0.15, 0.2) is 0 Å². The second-order valence-electron chi connectivity index (χ2n) is 4.16. The van der Waals surface area contributed by atoms with Gasteiger partial charge in [0.05, 0.1) is 5.56 Å². The van der Waals surface area contributed by atoms with Crippen molar-refractivity contribution in [1.29, 1.82) is 0 Å². The summed E-state index contributed by atoms with van der Waals surface area (Å²) in [5, 5.41) is 5.71. The Morgan fingerprint density at radius 2 is 1.79 bits per heavy atom. The van der Waals surface area contributed by atoms with Gasteiger partial charge in [0.25, 0.3) is 5.91 Å². The molecule has 4 heteroatoms. The molecule has 0 fully saturated rings. The van der Waals surface area contributed by atoms with Crippen LogP contribution in [0.1, 0.15) is 15.9 Å². The topological polar surface area (TPSA) is 41.1 Å². The molecule has 2 aromatic rings. The third kappa shape index (κ3) is 3.39. The Bertz CT molecular complexity index is 567. The van der Waals surface area contributed by atoms with Gasteiger partial charge in [-0.05, 0) is 36.9 Å². The quantitative estimate of drug-likeness (QED) is 0.885. The molecular weight excluding hydrogens is 243 g/mol. The first kappa shape index (κ1) is 13.2. The summed E-state index contributed by atoms with van der Waals surface area (Å²) in [7, 11) is 1.87. The third-order valence-electron chi connectivity index (χ3n) is 2.71. The highest BCUT2D eigenvalue weighted by molar-refractivity contribution is 6.04. The van der Waals surface area contributed by atoms with E-state index >= 15 is 0 Å². The standard InChI is InChI=1S/C15H15FN2O/c1-17-10-11-6-8-12(9-7-11)18-15(19)13-4-2-3-5-14(13)16/h2-9,17H,10H2,1H3,(H,18,19). The van der Waals surface area contributed by atoms with Crippen LogP contribution in [0.15, 0.2) is 48.5 Å². The van der Waals surface area contributed by atoms with Crippen molar-refractivity contribution in [3.63, 3.8) is 0 Å². The van der Waals surface area contributed by atoms with E-state index in [-0.39, 0.29) is 5.56 Å². The number of nitrogens with one attached hydrogen (secondary N) is 2. The zero-order chi connectivity index (χ0) is 13.7. The molecule has 0 aliphatic carbocycles. The summed E-state index contributed by atoms with van der Waals surface area (Å²) in [5.41, 5.74) is 1.81. The Morgan fingerprint density at radius 3 is 2.42 bits per heavy atom. The summed E-state index contributed by atoms with van der Waals surface area (Å²) >= 11 is 0. The molecule has 2 aromatic carbocycles. The molecule has 1 amide bonds. The average Bonchev–Trinajstić information content (AvgIpc) is 2.42. The molecule has 19 heavy (non-hydrogen) atoms. The Morgan fingerprint density at radius 1 is 1.11 bits per heavy atom. The zero-order valence-electron chi connectivity index (χ0n) is 10.6. The van der Waals surface area contributed by atoms with Crippen LogP contribution < -0.4 is 10.6 Å². The molecule has 0 unspecified atom stereocenters. The molecule has 0 aromatic heterocycles. The van der Waals surface area contributed by atoms with E-state index in [9.17, 15) is 9.18 Å². The van der Waals surface area contributed by atoms with Gasteiger partial charge < -0.3 is 10.6 Å². The van der Waals surface area contributed by atoms with Crippen molar-refractivity contribution in [2.75, 3.05) is 12.4 Å². The fraction of sp³-hybridized carbons (Fsp3) is 0.133. The molecule has 0 aliphatic heterocycles. The fourth-order valence-electron chi connectivity index (χ4n) is 1.75. The maximum Gasteiger partial charge on any atom is 0.258 e. The van der Waals surface area contributed by atoms with Crippen LogP contribution in [0.3, 0.4) is 0 Å². The Balaban J connectivity index is 2.09. The summed E-state index contributed by atoms with van der Waals surface area (Å²) in [6.45, 7) is 0.765. The number of anilines is 1. The summed E-state index contributed by atoms with van der Waals surface area (Å²) in [6.07, 6.45) is 0. The van der Waals surface area contributed by atoms with E-state index < -0.39 is 11.7 Å². The Hall–Kier alpha value is -2.20. The smallest absolute Gasteiger partial charge is 0.258 e. The molecule has 2 N–H and O–H groups in total. The molecule has 0 spiro atoms. The lowest BCUT2D eigenvalue weighted by Crippen LogP contribution is -2.13. The SMILES string of the molecule is CNCc1ccc(NC(=O)c2ccccc2F)cc1. The van der Waals surface area contributed by atoms with Gasteiger partial charge in [-0.25, -0.2) is 4.39 Å². The molecule has 3 nitrogen and oxygen atoms in total. The van der Waals surface area contributed by atoms with Crippen LogP contribution in [-0.4, -0.2) is 13.0 Å². The van der Waals surface area contributed by atoms with E-state index in [1.54, 1.807) is 24.3 Å². The highest BCUT2D eigenvalue weighted by Gasteiger charge is 2.10. The van der Waals surface area contributed by atoms with Gasteiger partial charge in [-0.3, -0.25) is 4.79 Å². The second kappa shape index (κ2) is 6.11. The van der Waals surface area contributed by atoms with Crippen molar-refractivity contribution in [2.45, 2.75) is 6.54 Å². The van der Waals surface area contributed by atoms with Crippen molar-refractivity contribution in [3.05, 3.63) is 65.5 Å². The van der Waals surface area contributed by atoms with Gasteiger partial charge in [-0.15, -0.1) is 0 Å². The summed E-state index contributed by atoms with van der Waals surface area (Å²) in [5.74, 6) is -0.966. The van der Waals surface area contributed by atoms with Crippen molar-refractivity contribution in [3.8, 4) is 0 Å². The zero-order valence-corrected chi connectivity index (χ0v) is 10.6. The van der Waals surface area contributed by atoms with E-state index in [1.165, 1.54) is 12.1 Å². The second-order valence-corrected chi connectivity index (χ2v) is 4.16. The molecule has 98 valence electrons. The number of hydrogen-bond donors (Lipinski definition) is 2. The van der Waals surface area contributed by atoms with Gasteiger partial charge in [0, 0.05) is 12.2 Å². The number of halogens is 1. The molecule has 0 heterocycles. The van der Waals surface area contributed by atoms with Crippen LogP contribution in [0.25, 0.3) is 0 Å². The van der Waals surface area contributed by atoms with Crippen LogP contribution in [0.2, 0.25) is 0 Å². The van der Waals surface area contributed by atoms with Gasteiger partial charge in [0.1, 0.15) is 5.82 Å². The van der Waals surface area contributed by atoms with Crippen LogP contribution in [0, 0.1) is 5.82 Å². The Labute approximate surface area is 111 Å². The van der Waals surface area contributed by atoms with E-state index in [4.69, 9.17) is 0 Å². The number of rotatable bonds is 4. The van der Waals surface area contributed by atoms with Crippen molar-refractivity contribution in [1.82, 2.24) is 5.32 Å². The van der Waals surface area contributed by atoms with E-state index in [1.807, 2.05) is 19.2 Å². The summed E-state index contributed by atoms with van der Waals surface area (Å²) in [4.78, 5) is 11.9. The normalized spacial score (nSPS) is 10.2. The summed E-state index contributed by atoms with van der Waals surface area (Å²) < 4.78 is 13.4. The van der Waals surface area contributed by atoms with E-state index in [2.05, 4.69) is 10.6 Å². The highest BCUT2D eigenvalue weighted by atomic mass is 19.1. The molecule has 0 saturated heterocycles. The van der Waals surface area contributed by atoms with Crippen molar-refractivity contribution >= 4 is 11.6 Å². The predicted molar refractivity (Wildman–Crippen MR) is 73.6 cm³/mol. The first-order chi connectivity index (χ1) is 9.20. The molecular formula is C15H15FN2O. The van der Waals surface area contributed by atoms with Gasteiger partial charge >= 0.3 is 0 Å². The van der Waals surface area contributed by atoms with Crippen LogP contribution in [0.5, 0.6) is 0 Å². The average molecular weight is 258 g/mol. The lowest BCUT2D eigenvalue weighted by Gasteiger charge is -2.07. The number of amides is 1. The van der Waals surface area contributed by atoms with Gasteiger partial charge in [-0.2, -0.15) is 0 Å². The largest absolute Gasteiger partial charge is 0.322 e. The van der Waals surface area contributed by atoms with Crippen molar-refractivity contribution < 1.29 is 9.18 Å². The van der Waals surface area contributed by atoms with Crippen molar-refractivity contribution in [2.24, 2.45) is 0 Å². The van der Waals surface area contributed by atoms with E-state index in [0.29, 0.717) is 5.69 Å². The van der Waals surface area contributed by atoms with E-state index in [0.717, 1.165) is 12.1 Å². The molecule has 0 aliphatic rings. The molecule has 2 rings (SSSR count). The third-order valence-corrected chi connectivity index (χ3v) is 2.71. The van der Waals surface area contributed by atoms with Gasteiger partial charge in [-0.1, -0.05) is 24.3 Å². The minimum atomic E-state index is -0.521. The van der Waals surface area contributed by atoms with Crippen LogP contribution in [0.4, 0.5) is 10.1 Å². The minimum Gasteiger partial charge on any atom is -0.322 e. The predicted octanol–water partition coefficient (Wildman–Crippen LogP) is 2.80. The first-order valence-corrected chi connectivity index (χ1v) is 6.00. The lowest BCUT2D eigenvalue weighted by atomic mass is 10.1. The molecule has 0 bridgehead atoms. The summed E-state index contributed by atoms with van der Waals surface area (Å²) in [6, 6.07) is 13.3. The van der Waals surface area contributed by atoms with Crippen LogP contribution >= 0.6 is 0 Å². The monoisotopic (exact) mass is 258 g/mol. The molecule has 0 atom stereocenters.